The quantitative estimate of drug-likeness (QED) is 0.812. The number of hydrogen-bond donors (Lipinski definition) is 2. The van der Waals surface area contributed by atoms with Crippen molar-refractivity contribution in [2.45, 2.75) is 31.8 Å². The Morgan fingerprint density at radius 2 is 2.32 bits per heavy atom. The Morgan fingerprint density at radius 1 is 1.53 bits per heavy atom. The highest BCUT2D eigenvalue weighted by atomic mass is 16.5. The fourth-order valence-electron chi connectivity index (χ4n) is 2.43. The number of esters is 1. The van der Waals surface area contributed by atoms with Gasteiger partial charge >= 0.3 is 5.97 Å². The van der Waals surface area contributed by atoms with Crippen molar-refractivity contribution in [1.29, 1.82) is 0 Å². The van der Waals surface area contributed by atoms with Crippen LogP contribution >= 0.6 is 0 Å². The molecule has 2 N–H and O–H groups in total. The first kappa shape index (κ1) is 13.8. The molecule has 0 amide bonds. The van der Waals surface area contributed by atoms with Crippen LogP contribution in [0.25, 0.3) is 0 Å². The maximum atomic E-state index is 11.4. The van der Waals surface area contributed by atoms with E-state index in [1.165, 1.54) is 13.5 Å². The number of ether oxygens (including phenoxy) is 1. The molecule has 1 aromatic rings. The maximum absolute atomic E-state index is 11.4. The molecule has 0 spiro atoms. The largest absolute Gasteiger partial charge is 0.464 e. The van der Waals surface area contributed by atoms with E-state index >= 15 is 0 Å². The normalized spacial score (nSPS) is 22.8. The number of pyridine rings is 1. The summed E-state index contributed by atoms with van der Waals surface area (Å²) in [6.45, 7) is 0.714. The van der Waals surface area contributed by atoms with Gasteiger partial charge in [-0.15, -0.1) is 0 Å². The van der Waals surface area contributed by atoms with Crippen LogP contribution in [0.3, 0.4) is 0 Å². The van der Waals surface area contributed by atoms with Crippen LogP contribution in [0, 0.1) is 5.92 Å². The minimum Gasteiger partial charge on any atom is -0.464 e. The first-order chi connectivity index (χ1) is 9.20. The van der Waals surface area contributed by atoms with E-state index in [2.05, 4.69) is 15.0 Å². The molecular weight excluding hydrogens is 244 g/mol. The van der Waals surface area contributed by atoms with E-state index in [1.54, 1.807) is 12.3 Å². The summed E-state index contributed by atoms with van der Waals surface area (Å²) < 4.78 is 4.63. The molecular formula is C14H20N2O3. The van der Waals surface area contributed by atoms with Gasteiger partial charge in [0.05, 0.1) is 13.2 Å². The van der Waals surface area contributed by atoms with E-state index in [4.69, 9.17) is 0 Å². The number of anilines is 1. The highest BCUT2D eigenvalue weighted by molar-refractivity contribution is 5.88. The number of hydrogen-bond acceptors (Lipinski definition) is 5. The van der Waals surface area contributed by atoms with Crippen molar-refractivity contribution < 1.29 is 14.6 Å². The summed E-state index contributed by atoms with van der Waals surface area (Å²) in [5.74, 6) is -0.162. The highest BCUT2D eigenvalue weighted by Crippen LogP contribution is 2.24. The van der Waals surface area contributed by atoms with Crippen LogP contribution < -0.4 is 5.32 Å². The molecule has 1 aliphatic carbocycles. The summed E-state index contributed by atoms with van der Waals surface area (Å²) in [5.41, 5.74) is 1.12. The van der Waals surface area contributed by atoms with Crippen molar-refractivity contribution in [1.82, 2.24) is 4.98 Å². The predicted molar refractivity (Wildman–Crippen MR) is 72.0 cm³/mol. The molecule has 1 aliphatic rings. The lowest BCUT2D eigenvalue weighted by atomic mass is 9.86. The van der Waals surface area contributed by atoms with E-state index in [1.807, 2.05) is 6.07 Å². The van der Waals surface area contributed by atoms with Gasteiger partial charge in [-0.25, -0.2) is 9.78 Å². The van der Waals surface area contributed by atoms with Crippen LogP contribution in [0.1, 0.15) is 36.2 Å². The van der Waals surface area contributed by atoms with Gasteiger partial charge in [0.1, 0.15) is 5.69 Å². The first-order valence-corrected chi connectivity index (χ1v) is 6.67. The maximum Gasteiger partial charge on any atom is 0.356 e. The zero-order chi connectivity index (χ0) is 13.7. The topological polar surface area (TPSA) is 71.5 Å². The molecule has 0 aliphatic heterocycles. The average Bonchev–Trinajstić information content (AvgIpc) is 2.46. The number of aromatic nitrogens is 1. The molecule has 104 valence electrons. The second-order valence-corrected chi connectivity index (χ2v) is 4.91. The smallest absolute Gasteiger partial charge is 0.356 e. The van der Waals surface area contributed by atoms with Gasteiger partial charge < -0.3 is 15.2 Å². The van der Waals surface area contributed by atoms with Gasteiger partial charge in [-0.05, 0) is 25.0 Å². The second-order valence-electron chi connectivity index (χ2n) is 4.91. The third-order valence-corrected chi connectivity index (χ3v) is 3.59. The third-order valence-electron chi connectivity index (χ3n) is 3.59. The number of aliphatic hydroxyl groups excluding tert-OH is 1. The summed E-state index contributed by atoms with van der Waals surface area (Å²) >= 11 is 0. The SMILES string of the molecule is COC(=O)c1cc(NCC2CCCCC2O)ccn1. The van der Waals surface area contributed by atoms with Crippen molar-refractivity contribution in [2.75, 3.05) is 19.0 Å². The minimum atomic E-state index is -0.443. The zero-order valence-electron chi connectivity index (χ0n) is 11.1. The number of aliphatic hydroxyl groups is 1. The van der Waals surface area contributed by atoms with Crippen LogP contribution in [0.2, 0.25) is 0 Å². The molecule has 1 heterocycles. The molecule has 1 aromatic heterocycles. The van der Waals surface area contributed by atoms with Gasteiger partial charge in [0, 0.05) is 24.3 Å². The fourth-order valence-corrected chi connectivity index (χ4v) is 2.43. The molecule has 0 bridgehead atoms. The van der Waals surface area contributed by atoms with E-state index in [-0.39, 0.29) is 17.7 Å². The number of rotatable bonds is 4. The molecule has 19 heavy (non-hydrogen) atoms. The lowest BCUT2D eigenvalue weighted by molar-refractivity contribution is 0.0594. The standard InChI is InChI=1S/C14H20N2O3/c1-19-14(18)12-8-11(6-7-15-12)16-9-10-4-2-3-5-13(10)17/h6-8,10,13,17H,2-5,9H2,1H3,(H,15,16). The Hall–Kier alpha value is -1.62. The zero-order valence-corrected chi connectivity index (χ0v) is 11.1. The molecule has 2 rings (SSSR count). The monoisotopic (exact) mass is 264 g/mol. The summed E-state index contributed by atoms with van der Waals surface area (Å²) in [6.07, 6.45) is 5.57. The lowest BCUT2D eigenvalue weighted by Crippen LogP contribution is -2.30. The summed E-state index contributed by atoms with van der Waals surface area (Å²) in [4.78, 5) is 15.3. The summed E-state index contributed by atoms with van der Waals surface area (Å²) in [5, 5.41) is 13.2. The Labute approximate surface area is 113 Å². The van der Waals surface area contributed by atoms with Crippen molar-refractivity contribution in [3.63, 3.8) is 0 Å². The number of carbonyl (C=O) groups is 1. The molecule has 0 saturated heterocycles. The van der Waals surface area contributed by atoms with Gasteiger partial charge in [-0.3, -0.25) is 0 Å². The molecule has 0 radical (unpaired) electrons. The Kier molecular flexibility index (Phi) is 4.74. The van der Waals surface area contributed by atoms with Gasteiger partial charge in [-0.1, -0.05) is 12.8 Å². The molecule has 2 atom stereocenters. The molecule has 1 fully saturated rings. The minimum absolute atomic E-state index is 0.219. The van der Waals surface area contributed by atoms with Crippen molar-refractivity contribution in [3.05, 3.63) is 24.0 Å². The average molecular weight is 264 g/mol. The summed E-state index contributed by atoms with van der Waals surface area (Å²) in [6, 6.07) is 3.47. The van der Waals surface area contributed by atoms with Gasteiger partial charge in [0.2, 0.25) is 0 Å². The number of nitrogens with zero attached hydrogens (tertiary/aromatic N) is 1. The highest BCUT2D eigenvalue weighted by Gasteiger charge is 2.22. The molecule has 5 heteroatoms. The van der Waals surface area contributed by atoms with Crippen LogP contribution in [0.15, 0.2) is 18.3 Å². The summed E-state index contributed by atoms with van der Waals surface area (Å²) in [7, 11) is 1.34. The van der Waals surface area contributed by atoms with Crippen LogP contribution in [0.4, 0.5) is 5.69 Å². The van der Waals surface area contributed by atoms with Crippen LogP contribution in [-0.4, -0.2) is 35.8 Å². The van der Waals surface area contributed by atoms with Crippen molar-refractivity contribution >= 4 is 11.7 Å². The second kappa shape index (κ2) is 6.52. The third kappa shape index (κ3) is 3.67. The van der Waals surface area contributed by atoms with Gasteiger partial charge in [0.15, 0.2) is 0 Å². The Balaban J connectivity index is 1.93. The van der Waals surface area contributed by atoms with Crippen LogP contribution in [-0.2, 0) is 4.74 Å². The molecule has 0 aromatic carbocycles. The number of methoxy groups -OCH3 is 1. The van der Waals surface area contributed by atoms with Gasteiger partial charge in [0.25, 0.3) is 0 Å². The van der Waals surface area contributed by atoms with Crippen LogP contribution in [0.5, 0.6) is 0 Å². The van der Waals surface area contributed by atoms with E-state index < -0.39 is 5.97 Å². The first-order valence-electron chi connectivity index (χ1n) is 6.67. The number of carbonyl (C=O) groups excluding carboxylic acids is 1. The van der Waals surface area contributed by atoms with E-state index in [0.717, 1.165) is 24.9 Å². The molecule has 1 saturated carbocycles. The fraction of sp³-hybridized carbons (Fsp3) is 0.571. The van der Waals surface area contributed by atoms with Gasteiger partial charge in [-0.2, -0.15) is 0 Å². The van der Waals surface area contributed by atoms with Crippen molar-refractivity contribution in [3.8, 4) is 0 Å². The number of nitrogens with one attached hydrogen (secondary N) is 1. The lowest BCUT2D eigenvalue weighted by Gasteiger charge is -2.28. The molecule has 2 unspecified atom stereocenters. The molecule has 5 nitrogen and oxygen atoms in total. The van der Waals surface area contributed by atoms with E-state index in [9.17, 15) is 9.90 Å². The Bertz CT molecular complexity index is 436. The van der Waals surface area contributed by atoms with E-state index in [0.29, 0.717) is 6.54 Å². The predicted octanol–water partition coefficient (Wildman–Crippen LogP) is 1.83. The Morgan fingerprint density at radius 3 is 3.05 bits per heavy atom. The van der Waals surface area contributed by atoms with Crippen molar-refractivity contribution in [2.24, 2.45) is 5.92 Å².